The van der Waals surface area contributed by atoms with E-state index in [0.29, 0.717) is 0 Å². The maximum atomic E-state index is 13.3. The molecule has 0 aliphatic carbocycles. The predicted octanol–water partition coefficient (Wildman–Crippen LogP) is 0.882. The number of amides is 1. The largest absolute Gasteiger partial charge is 0.478 e. The van der Waals surface area contributed by atoms with E-state index in [-0.39, 0.29) is 12.3 Å². The second kappa shape index (κ2) is 6.58. The van der Waals surface area contributed by atoms with Gasteiger partial charge in [-0.2, -0.15) is 0 Å². The lowest BCUT2D eigenvalue weighted by molar-refractivity contribution is -0.141. The molecule has 6 heteroatoms. The number of esters is 1. The van der Waals surface area contributed by atoms with E-state index >= 15 is 0 Å². The molecule has 1 aromatic carbocycles. The maximum absolute atomic E-state index is 13.3. The molecule has 0 radical (unpaired) electrons. The predicted molar refractivity (Wildman–Crippen MR) is 61.5 cm³/mol. The molecule has 1 amide bonds. The molecule has 1 rings (SSSR count). The van der Waals surface area contributed by atoms with Crippen LogP contribution in [-0.2, 0) is 14.3 Å². The minimum atomic E-state index is -0.911. The summed E-state index contributed by atoms with van der Waals surface area (Å²) in [4.78, 5) is 22.3. The Morgan fingerprint density at radius 1 is 1.39 bits per heavy atom. The Balaban J connectivity index is 2.50. The highest BCUT2D eigenvalue weighted by Gasteiger charge is 2.17. The second-order valence-electron chi connectivity index (χ2n) is 3.48. The first kappa shape index (κ1) is 14.0. The van der Waals surface area contributed by atoms with Crippen LogP contribution in [0.3, 0.4) is 0 Å². The molecule has 18 heavy (non-hydrogen) atoms. The fourth-order valence-corrected chi connectivity index (χ4v) is 1.16. The molecule has 0 aliphatic heterocycles. The molecule has 1 aromatic rings. The summed E-state index contributed by atoms with van der Waals surface area (Å²) in [5.74, 6) is -1.66. The molecule has 0 fully saturated rings. The third kappa shape index (κ3) is 4.04. The summed E-state index contributed by atoms with van der Waals surface area (Å²) in [5.41, 5.74) is 0. The Bertz CT molecular complexity index is 436. The van der Waals surface area contributed by atoms with Crippen molar-refractivity contribution in [2.24, 2.45) is 0 Å². The first-order valence-electron chi connectivity index (χ1n) is 5.30. The van der Waals surface area contributed by atoms with Crippen LogP contribution in [0.2, 0.25) is 0 Å². The smallest absolute Gasteiger partial charge is 0.325 e. The quantitative estimate of drug-likeness (QED) is 0.793. The number of para-hydroxylation sites is 1. The van der Waals surface area contributed by atoms with Gasteiger partial charge in [-0.15, -0.1) is 0 Å². The summed E-state index contributed by atoms with van der Waals surface area (Å²) in [6.07, 6.45) is -0.911. The second-order valence-corrected chi connectivity index (χ2v) is 3.48. The van der Waals surface area contributed by atoms with Crippen LogP contribution in [0.1, 0.15) is 6.92 Å². The molecule has 98 valence electrons. The van der Waals surface area contributed by atoms with Crippen LogP contribution < -0.4 is 10.1 Å². The van der Waals surface area contributed by atoms with E-state index in [1.54, 1.807) is 6.07 Å². The zero-order chi connectivity index (χ0) is 13.5. The molecule has 0 bridgehead atoms. The van der Waals surface area contributed by atoms with E-state index in [1.165, 1.54) is 32.2 Å². The van der Waals surface area contributed by atoms with Gasteiger partial charge in [-0.1, -0.05) is 12.1 Å². The van der Waals surface area contributed by atoms with Crippen molar-refractivity contribution < 1.29 is 23.5 Å². The fourth-order valence-electron chi connectivity index (χ4n) is 1.16. The highest BCUT2D eigenvalue weighted by molar-refractivity contribution is 5.84. The minimum Gasteiger partial charge on any atom is -0.478 e. The molecular weight excluding hydrogens is 241 g/mol. The molecule has 1 N–H and O–H groups in total. The van der Waals surface area contributed by atoms with Crippen molar-refractivity contribution in [1.82, 2.24) is 5.32 Å². The first-order chi connectivity index (χ1) is 8.54. The van der Waals surface area contributed by atoms with Crippen LogP contribution in [-0.4, -0.2) is 31.6 Å². The molecule has 0 heterocycles. The van der Waals surface area contributed by atoms with E-state index < -0.39 is 23.8 Å². The van der Waals surface area contributed by atoms with E-state index in [0.717, 1.165) is 0 Å². The van der Waals surface area contributed by atoms with Gasteiger partial charge in [-0.3, -0.25) is 9.59 Å². The van der Waals surface area contributed by atoms with Crippen LogP contribution in [0, 0.1) is 5.82 Å². The fraction of sp³-hybridized carbons (Fsp3) is 0.333. The maximum Gasteiger partial charge on any atom is 0.325 e. The number of halogens is 1. The first-order valence-corrected chi connectivity index (χ1v) is 5.30. The molecule has 0 aromatic heterocycles. The lowest BCUT2D eigenvalue weighted by Gasteiger charge is -2.14. The van der Waals surface area contributed by atoms with E-state index in [9.17, 15) is 14.0 Å². The van der Waals surface area contributed by atoms with Crippen molar-refractivity contribution in [3.05, 3.63) is 30.1 Å². The molecule has 0 saturated heterocycles. The van der Waals surface area contributed by atoms with Crippen molar-refractivity contribution in [2.75, 3.05) is 13.7 Å². The van der Waals surface area contributed by atoms with Gasteiger partial charge in [0.05, 0.1) is 7.11 Å². The Labute approximate surface area is 104 Å². The van der Waals surface area contributed by atoms with Gasteiger partial charge >= 0.3 is 5.97 Å². The zero-order valence-electron chi connectivity index (χ0n) is 10.1. The molecule has 0 aliphatic rings. The van der Waals surface area contributed by atoms with Crippen molar-refractivity contribution >= 4 is 11.9 Å². The highest BCUT2D eigenvalue weighted by atomic mass is 19.1. The molecule has 1 unspecified atom stereocenters. The van der Waals surface area contributed by atoms with Crippen molar-refractivity contribution in [3.63, 3.8) is 0 Å². The van der Waals surface area contributed by atoms with Gasteiger partial charge in [0.25, 0.3) is 5.91 Å². The number of benzene rings is 1. The van der Waals surface area contributed by atoms with Gasteiger partial charge in [0.2, 0.25) is 0 Å². The van der Waals surface area contributed by atoms with Crippen molar-refractivity contribution in [1.29, 1.82) is 0 Å². The topological polar surface area (TPSA) is 64.6 Å². The summed E-state index contributed by atoms with van der Waals surface area (Å²) in [5, 5.41) is 2.31. The zero-order valence-corrected chi connectivity index (χ0v) is 10.1. The van der Waals surface area contributed by atoms with Crippen LogP contribution in [0.15, 0.2) is 24.3 Å². The highest BCUT2D eigenvalue weighted by Crippen LogP contribution is 2.16. The van der Waals surface area contributed by atoms with Gasteiger partial charge < -0.3 is 14.8 Å². The van der Waals surface area contributed by atoms with Crippen LogP contribution >= 0.6 is 0 Å². The number of hydrogen-bond acceptors (Lipinski definition) is 4. The number of methoxy groups -OCH3 is 1. The van der Waals surface area contributed by atoms with E-state index in [1.807, 2.05) is 0 Å². The number of hydrogen-bond donors (Lipinski definition) is 1. The number of ether oxygens (including phenoxy) is 2. The normalized spacial score (nSPS) is 11.5. The van der Waals surface area contributed by atoms with Gasteiger partial charge in [-0.05, 0) is 19.1 Å². The Morgan fingerprint density at radius 3 is 2.67 bits per heavy atom. The monoisotopic (exact) mass is 255 g/mol. The van der Waals surface area contributed by atoms with E-state index in [4.69, 9.17) is 4.74 Å². The summed E-state index contributed by atoms with van der Waals surface area (Å²) < 4.78 is 22.7. The lowest BCUT2D eigenvalue weighted by Crippen LogP contribution is -2.39. The Hall–Kier alpha value is -2.11. The van der Waals surface area contributed by atoms with E-state index in [2.05, 4.69) is 10.1 Å². The summed E-state index contributed by atoms with van der Waals surface area (Å²) in [6, 6.07) is 5.76. The molecular formula is C12H14FNO4. The SMILES string of the molecule is COC(=O)CNC(=O)C(C)Oc1ccccc1F. The standard InChI is InChI=1S/C12H14FNO4/c1-8(12(16)14-7-11(15)17-2)18-10-6-4-3-5-9(10)13/h3-6,8H,7H2,1-2H3,(H,14,16). The van der Waals surface area contributed by atoms with Crippen molar-refractivity contribution in [2.45, 2.75) is 13.0 Å². The van der Waals surface area contributed by atoms with Crippen LogP contribution in [0.5, 0.6) is 5.75 Å². The lowest BCUT2D eigenvalue weighted by atomic mass is 10.3. The van der Waals surface area contributed by atoms with Gasteiger partial charge in [0, 0.05) is 0 Å². The third-order valence-corrected chi connectivity index (χ3v) is 2.14. The molecule has 5 nitrogen and oxygen atoms in total. The Morgan fingerprint density at radius 2 is 2.06 bits per heavy atom. The van der Waals surface area contributed by atoms with Gasteiger partial charge in [0.1, 0.15) is 6.54 Å². The minimum absolute atomic E-state index is 0.0155. The molecule has 0 saturated carbocycles. The number of nitrogens with one attached hydrogen (secondary N) is 1. The number of rotatable bonds is 5. The summed E-state index contributed by atoms with van der Waals surface area (Å²) in [6.45, 7) is 1.21. The number of carbonyl (C=O) groups excluding carboxylic acids is 2. The summed E-state index contributed by atoms with van der Waals surface area (Å²) >= 11 is 0. The summed E-state index contributed by atoms with van der Waals surface area (Å²) in [7, 11) is 1.22. The van der Waals surface area contributed by atoms with Crippen molar-refractivity contribution in [3.8, 4) is 5.75 Å². The molecule has 0 spiro atoms. The van der Waals surface area contributed by atoms with Crippen LogP contribution in [0.25, 0.3) is 0 Å². The van der Waals surface area contributed by atoms with Crippen LogP contribution in [0.4, 0.5) is 4.39 Å². The number of carbonyl (C=O) groups is 2. The third-order valence-electron chi connectivity index (χ3n) is 2.14. The Kier molecular flexibility index (Phi) is 5.10. The van der Waals surface area contributed by atoms with Gasteiger partial charge in [0.15, 0.2) is 17.7 Å². The van der Waals surface area contributed by atoms with Gasteiger partial charge in [-0.25, -0.2) is 4.39 Å². The molecule has 1 atom stereocenters. The average Bonchev–Trinajstić information content (AvgIpc) is 2.38. The average molecular weight is 255 g/mol.